The van der Waals surface area contributed by atoms with Crippen molar-refractivity contribution in [2.75, 3.05) is 26.7 Å². The Kier molecular flexibility index (Phi) is 7.51. The Morgan fingerprint density at radius 2 is 2.00 bits per heavy atom. The van der Waals surface area contributed by atoms with Crippen molar-refractivity contribution in [2.24, 2.45) is 5.92 Å². The van der Waals surface area contributed by atoms with Gasteiger partial charge in [0, 0.05) is 24.2 Å². The van der Waals surface area contributed by atoms with E-state index in [1.165, 1.54) is 6.07 Å². The fourth-order valence-electron chi connectivity index (χ4n) is 2.98. The average Bonchev–Trinajstić information content (AvgIpc) is 3.05. The highest BCUT2D eigenvalue weighted by Gasteiger charge is 2.33. The van der Waals surface area contributed by atoms with Gasteiger partial charge < -0.3 is 19.2 Å². The van der Waals surface area contributed by atoms with Crippen molar-refractivity contribution in [1.29, 1.82) is 0 Å². The minimum Gasteiger partial charge on any atom is -0.480 e. The lowest BCUT2D eigenvalue weighted by Crippen LogP contribution is -2.36. The predicted octanol–water partition coefficient (Wildman–Crippen LogP) is 4.05. The van der Waals surface area contributed by atoms with E-state index in [1.54, 1.807) is 12.1 Å². The molecule has 0 aromatic heterocycles. The second-order valence-corrected chi connectivity index (χ2v) is 8.37. The number of nitrogens with zero attached hydrogens (tertiary/aromatic N) is 2. The number of carbonyl (C=O) groups excluding carboxylic acids is 1. The number of likely N-dealkylation sites (tertiary alicyclic amines) is 1. The van der Waals surface area contributed by atoms with E-state index in [9.17, 15) is 4.79 Å². The number of piperidine rings is 1. The lowest BCUT2D eigenvalue weighted by molar-refractivity contribution is -0.346. The molecule has 160 valence electrons. The molecule has 0 saturated carbocycles. The summed E-state index contributed by atoms with van der Waals surface area (Å²) in [5.74, 6) is 0.294. The maximum absolute atomic E-state index is 12.3. The van der Waals surface area contributed by atoms with Crippen LogP contribution in [0.2, 0.25) is 10.0 Å². The summed E-state index contributed by atoms with van der Waals surface area (Å²) in [4.78, 5) is 25.6. The van der Waals surface area contributed by atoms with Crippen molar-refractivity contribution in [3.8, 4) is 5.75 Å². The number of hydroxylamine groups is 2. The van der Waals surface area contributed by atoms with E-state index in [0.29, 0.717) is 21.7 Å². The van der Waals surface area contributed by atoms with Crippen LogP contribution in [0.15, 0.2) is 30.2 Å². The van der Waals surface area contributed by atoms with Crippen LogP contribution >= 0.6 is 23.2 Å². The number of halogens is 2. The molecule has 0 amide bonds. The molecule has 7 nitrogen and oxygen atoms in total. The fourth-order valence-corrected chi connectivity index (χ4v) is 3.44. The monoisotopic (exact) mass is 444 g/mol. The minimum absolute atomic E-state index is 0.0530. The molecule has 2 heterocycles. The molecular formula is C20H26Cl2N2O5. The zero-order valence-corrected chi connectivity index (χ0v) is 18.3. The van der Waals surface area contributed by atoms with Crippen LogP contribution in [0.1, 0.15) is 26.7 Å². The number of rotatable bonds is 7. The molecule has 0 spiro atoms. The van der Waals surface area contributed by atoms with Crippen LogP contribution in [0.3, 0.4) is 0 Å². The molecule has 2 aliphatic rings. The summed E-state index contributed by atoms with van der Waals surface area (Å²) in [6.07, 6.45) is 3.46. The van der Waals surface area contributed by atoms with Crippen LogP contribution in [0.25, 0.3) is 0 Å². The molecular weight excluding hydrogens is 419 g/mol. The summed E-state index contributed by atoms with van der Waals surface area (Å²) in [6, 6.07) is 4.76. The molecule has 1 saturated heterocycles. The summed E-state index contributed by atoms with van der Waals surface area (Å²) >= 11 is 11.9. The maximum Gasteiger partial charge on any atom is 0.372 e. The molecule has 29 heavy (non-hydrogen) atoms. The minimum atomic E-state index is -0.640. The van der Waals surface area contributed by atoms with Gasteiger partial charge in [-0.1, -0.05) is 37.0 Å². The van der Waals surface area contributed by atoms with Gasteiger partial charge in [0.25, 0.3) is 5.88 Å². The van der Waals surface area contributed by atoms with Crippen molar-refractivity contribution < 1.29 is 23.9 Å². The molecule has 3 rings (SSSR count). The van der Waals surface area contributed by atoms with Gasteiger partial charge in [-0.2, -0.15) is 0 Å². The number of ether oxygens (including phenoxy) is 2. The summed E-state index contributed by atoms with van der Waals surface area (Å²) in [6.45, 7) is 5.62. The van der Waals surface area contributed by atoms with Gasteiger partial charge in [-0.05, 0) is 49.2 Å². The Morgan fingerprint density at radius 1 is 1.28 bits per heavy atom. The highest BCUT2D eigenvalue weighted by atomic mass is 35.5. The molecule has 9 heteroatoms. The van der Waals surface area contributed by atoms with E-state index in [1.807, 2.05) is 19.9 Å². The highest BCUT2D eigenvalue weighted by molar-refractivity contribution is 6.35. The van der Waals surface area contributed by atoms with Crippen molar-refractivity contribution in [2.45, 2.75) is 38.9 Å². The highest BCUT2D eigenvalue weighted by Crippen LogP contribution is 2.29. The number of benzene rings is 1. The number of hydrogen-bond acceptors (Lipinski definition) is 7. The second-order valence-electron chi connectivity index (χ2n) is 7.52. The first-order chi connectivity index (χ1) is 13.8. The lowest BCUT2D eigenvalue weighted by Gasteiger charge is -2.30. The van der Waals surface area contributed by atoms with Crippen LogP contribution in [-0.4, -0.2) is 55.0 Å². The second kappa shape index (κ2) is 9.89. The zero-order valence-electron chi connectivity index (χ0n) is 16.8. The molecule has 0 N–H and O–H groups in total. The molecule has 1 aromatic rings. The smallest absolute Gasteiger partial charge is 0.372 e. The standard InChI is InChI=1S/C20H26Cl2N2O5/c1-13(2)18-11-19(27-15-6-8-23(3)9-7-15)24(28-18)29-20(25)12-26-17-5-4-14(21)10-16(17)22/h4-5,10-11,13,15,18H,6-9,12H2,1-3H3. The predicted molar refractivity (Wildman–Crippen MR) is 109 cm³/mol. The summed E-state index contributed by atoms with van der Waals surface area (Å²) in [5.41, 5.74) is 0. The van der Waals surface area contributed by atoms with Crippen molar-refractivity contribution in [3.63, 3.8) is 0 Å². The molecule has 1 fully saturated rings. The Labute approximate surface area is 180 Å². The third kappa shape index (κ3) is 6.15. The quantitative estimate of drug-likeness (QED) is 0.628. The van der Waals surface area contributed by atoms with E-state index in [4.69, 9.17) is 42.4 Å². The molecule has 0 radical (unpaired) electrons. The van der Waals surface area contributed by atoms with Crippen LogP contribution in [0.4, 0.5) is 0 Å². The third-order valence-corrected chi connectivity index (χ3v) is 5.27. The largest absolute Gasteiger partial charge is 0.480 e. The van der Waals surface area contributed by atoms with Gasteiger partial charge in [0.2, 0.25) is 0 Å². The van der Waals surface area contributed by atoms with Gasteiger partial charge in [0.1, 0.15) is 18.0 Å². The SMILES string of the molecule is CC(C)C1C=C(OC2CCN(C)CC2)N(OC(=O)COc2ccc(Cl)cc2Cl)O1. The molecule has 1 atom stereocenters. The van der Waals surface area contributed by atoms with Crippen LogP contribution < -0.4 is 4.74 Å². The van der Waals surface area contributed by atoms with Gasteiger partial charge in [0.05, 0.1) is 5.02 Å². The zero-order chi connectivity index (χ0) is 21.0. The van der Waals surface area contributed by atoms with Gasteiger partial charge in [0.15, 0.2) is 6.61 Å². The van der Waals surface area contributed by atoms with Crippen LogP contribution in [0.5, 0.6) is 5.75 Å². The van der Waals surface area contributed by atoms with Crippen molar-refractivity contribution >= 4 is 29.2 Å². The average molecular weight is 445 g/mol. The molecule has 0 aliphatic carbocycles. The van der Waals surface area contributed by atoms with Gasteiger partial charge >= 0.3 is 5.97 Å². The topological polar surface area (TPSA) is 60.5 Å². The normalized spacial score (nSPS) is 20.7. The molecule has 2 aliphatic heterocycles. The molecule has 0 bridgehead atoms. The maximum atomic E-state index is 12.3. The fraction of sp³-hybridized carbons (Fsp3) is 0.550. The molecule has 1 aromatic carbocycles. The first kappa shape index (κ1) is 22.0. The van der Waals surface area contributed by atoms with E-state index in [-0.39, 0.29) is 24.7 Å². The number of hydrogen-bond donors (Lipinski definition) is 0. The number of carbonyl (C=O) groups is 1. The lowest BCUT2D eigenvalue weighted by atomic mass is 10.1. The Morgan fingerprint density at radius 3 is 2.66 bits per heavy atom. The van der Waals surface area contributed by atoms with Crippen molar-refractivity contribution in [1.82, 2.24) is 10.1 Å². The van der Waals surface area contributed by atoms with Crippen LogP contribution in [0, 0.1) is 5.92 Å². The first-order valence-corrected chi connectivity index (χ1v) is 10.4. The summed E-state index contributed by atoms with van der Waals surface area (Å²) < 4.78 is 11.5. The summed E-state index contributed by atoms with van der Waals surface area (Å²) in [7, 11) is 2.09. The van der Waals surface area contributed by atoms with E-state index in [0.717, 1.165) is 31.2 Å². The van der Waals surface area contributed by atoms with Gasteiger partial charge in [-0.25, -0.2) is 9.63 Å². The van der Waals surface area contributed by atoms with Crippen LogP contribution in [-0.2, 0) is 19.2 Å². The summed E-state index contributed by atoms with van der Waals surface area (Å²) in [5, 5.41) is 1.85. The van der Waals surface area contributed by atoms with Gasteiger partial charge in [-0.15, -0.1) is 0 Å². The van der Waals surface area contributed by atoms with E-state index in [2.05, 4.69) is 11.9 Å². The third-order valence-electron chi connectivity index (χ3n) is 4.74. The van der Waals surface area contributed by atoms with E-state index >= 15 is 0 Å². The Bertz CT molecular complexity index is 750. The molecule has 1 unspecified atom stereocenters. The van der Waals surface area contributed by atoms with E-state index < -0.39 is 5.97 Å². The Balaban J connectivity index is 1.56. The Hall–Kier alpha value is -1.67. The van der Waals surface area contributed by atoms with Crippen molar-refractivity contribution in [3.05, 3.63) is 40.2 Å². The first-order valence-electron chi connectivity index (χ1n) is 9.64. The van der Waals surface area contributed by atoms with Gasteiger partial charge in [-0.3, -0.25) is 0 Å².